The number of H-pyrrole nitrogens is 1. The van der Waals surface area contributed by atoms with Gasteiger partial charge in [0, 0.05) is 7.05 Å². The van der Waals surface area contributed by atoms with Crippen molar-refractivity contribution < 1.29 is 14.7 Å². The van der Waals surface area contributed by atoms with E-state index in [1.165, 1.54) is 7.05 Å². The lowest BCUT2D eigenvalue weighted by Crippen LogP contribution is -2.27. The minimum Gasteiger partial charge on any atom is -0.477 e. The largest absolute Gasteiger partial charge is 0.477 e. The number of ketones is 1. The summed E-state index contributed by atoms with van der Waals surface area (Å²) in [6.45, 7) is 0. The number of carboxylic acid groups (broad SMARTS) is 1. The fourth-order valence-electron chi connectivity index (χ4n) is 1.49. The predicted octanol–water partition coefficient (Wildman–Crippen LogP) is -0.118. The van der Waals surface area contributed by atoms with E-state index in [9.17, 15) is 14.4 Å². The maximum absolute atomic E-state index is 11.9. The number of fused-ring (bicyclic) bond motifs is 1. The van der Waals surface area contributed by atoms with Gasteiger partial charge in [0.2, 0.25) is 0 Å². The van der Waals surface area contributed by atoms with E-state index in [1.54, 1.807) is 0 Å². The highest BCUT2D eigenvalue weighted by Crippen LogP contribution is 2.14. The van der Waals surface area contributed by atoms with Gasteiger partial charge >= 0.3 is 5.97 Å². The summed E-state index contributed by atoms with van der Waals surface area (Å²) in [5.41, 5.74) is 1.22. The van der Waals surface area contributed by atoms with Gasteiger partial charge in [0.1, 0.15) is 11.4 Å². The van der Waals surface area contributed by atoms with Crippen LogP contribution < -0.4 is 11.0 Å². The van der Waals surface area contributed by atoms with Gasteiger partial charge in [-0.15, -0.1) is 0 Å². The zero-order valence-corrected chi connectivity index (χ0v) is 10.00. The molecule has 0 fully saturated rings. The van der Waals surface area contributed by atoms with Crippen LogP contribution in [0.2, 0.25) is 0 Å². The van der Waals surface area contributed by atoms with Gasteiger partial charge in [-0.1, -0.05) is 0 Å². The van der Waals surface area contributed by atoms with Crippen LogP contribution in [0.3, 0.4) is 0 Å². The lowest BCUT2D eigenvalue weighted by molar-refractivity contribution is -0.129. The SMILES string of the molecule is Cn1c(=S)[nH]c2c(c1=O)C(=O)CC(C(=O)O)=NN2. The van der Waals surface area contributed by atoms with Crippen LogP contribution in [0.1, 0.15) is 16.8 Å². The summed E-state index contributed by atoms with van der Waals surface area (Å²) in [5, 5.41) is 12.3. The number of aromatic amines is 1. The van der Waals surface area contributed by atoms with Crippen LogP contribution >= 0.6 is 12.2 Å². The summed E-state index contributed by atoms with van der Waals surface area (Å²) in [7, 11) is 1.42. The molecule has 1 aromatic heterocycles. The minimum atomic E-state index is -1.32. The number of aliphatic carboxylic acids is 1. The van der Waals surface area contributed by atoms with Gasteiger partial charge in [-0.2, -0.15) is 5.10 Å². The number of nitrogens with one attached hydrogen (secondary N) is 2. The van der Waals surface area contributed by atoms with Crippen LogP contribution in [0.15, 0.2) is 9.90 Å². The van der Waals surface area contributed by atoms with Crippen LogP contribution in [-0.4, -0.2) is 32.1 Å². The van der Waals surface area contributed by atoms with E-state index in [-0.39, 0.29) is 21.9 Å². The molecular weight excluding hydrogens is 260 g/mol. The molecule has 0 bridgehead atoms. The summed E-state index contributed by atoms with van der Waals surface area (Å²) in [5.74, 6) is -1.92. The maximum Gasteiger partial charge on any atom is 0.352 e. The van der Waals surface area contributed by atoms with Crippen molar-refractivity contribution in [2.24, 2.45) is 12.1 Å². The van der Waals surface area contributed by atoms with E-state index in [4.69, 9.17) is 17.3 Å². The Balaban J connectivity index is 2.67. The minimum absolute atomic E-state index is 0.0179. The van der Waals surface area contributed by atoms with Gasteiger partial charge in [0.05, 0.1) is 6.42 Å². The third-order valence-electron chi connectivity index (χ3n) is 2.46. The number of hydrogen-bond acceptors (Lipinski definition) is 6. The molecule has 0 aliphatic carbocycles. The maximum atomic E-state index is 11.9. The Kier molecular flexibility index (Phi) is 2.83. The number of carbonyl (C=O) groups is 2. The van der Waals surface area contributed by atoms with Gasteiger partial charge in [-0.05, 0) is 12.2 Å². The molecule has 0 spiro atoms. The average Bonchev–Trinajstić information content (AvgIpc) is 2.46. The van der Waals surface area contributed by atoms with Crippen molar-refractivity contribution in [2.45, 2.75) is 6.42 Å². The van der Waals surface area contributed by atoms with Crippen molar-refractivity contribution in [3.05, 3.63) is 20.7 Å². The second-order valence-corrected chi connectivity index (χ2v) is 4.01. The molecule has 0 saturated carbocycles. The fourth-order valence-corrected chi connectivity index (χ4v) is 1.67. The first-order chi connectivity index (χ1) is 8.41. The Bertz CT molecular complexity index is 699. The highest BCUT2D eigenvalue weighted by Gasteiger charge is 2.26. The molecule has 0 saturated heterocycles. The number of Topliss-reactive ketones (excluding diaryl/α,β-unsaturated/α-hetero) is 1. The first-order valence-corrected chi connectivity index (χ1v) is 5.25. The highest BCUT2D eigenvalue weighted by atomic mass is 32.1. The number of anilines is 1. The summed E-state index contributed by atoms with van der Waals surface area (Å²) in [4.78, 5) is 37.1. The summed E-state index contributed by atoms with van der Waals surface area (Å²) in [6, 6.07) is 0. The Morgan fingerprint density at radius 2 is 2.17 bits per heavy atom. The van der Waals surface area contributed by atoms with E-state index >= 15 is 0 Å². The fraction of sp³-hybridized carbons (Fsp3) is 0.222. The molecule has 0 amide bonds. The summed E-state index contributed by atoms with van der Waals surface area (Å²) >= 11 is 4.88. The number of hydrazone groups is 1. The molecule has 1 aliphatic heterocycles. The van der Waals surface area contributed by atoms with Gasteiger partial charge in [-0.25, -0.2) is 4.79 Å². The van der Waals surface area contributed by atoms with Crippen molar-refractivity contribution in [1.82, 2.24) is 9.55 Å². The van der Waals surface area contributed by atoms with E-state index in [0.717, 1.165) is 4.57 Å². The van der Waals surface area contributed by atoms with Crippen molar-refractivity contribution in [2.75, 3.05) is 5.43 Å². The van der Waals surface area contributed by atoms with E-state index < -0.39 is 23.7 Å². The first-order valence-electron chi connectivity index (χ1n) is 4.84. The van der Waals surface area contributed by atoms with E-state index in [0.29, 0.717) is 0 Å². The average molecular weight is 268 g/mol. The Hall–Kier alpha value is -2.29. The molecule has 9 heteroatoms. The molecule has 1 aliphatic rings. The number of carboxylic acids is 1. The summed E-state index contributed by atoms with van der Waals surface area (Å²) < 4.78 is 1.20. The van der Waals surface area contributed by atoms with Gasteiger partial charge in [0.25, 0.3) is 5.56 Å². The van der Waals surface area contributed by atoms with Gasteiger partial charge in [0.15, 0.2) is 16.3 Å². The quantitative estimate of drug-likeness (QED) is 0.611. The number of carbonyl (C=O) groups excluding carboxylic acids is 1. The van der Waals surface area contributed by atoms with Crippen LogP contribution in [0, 0.1) is 4.77 Å². The molecule has 3 N–H and O–H groups in total. The predicted molar refractivity (Wildman–Crippen MR) is 64.5 cm³/mol. The van der Waals surface area contributed by atoms with Crippen molar-refractivity contribution in [1.29, 1.82) is 0 Å². The second kappa shape index (κ2) is 4.18. The normalized spacial score (nSPS) is 14.3. The van der Waals surface area contributed by atoms with Crippen molar-refractivity contribution in [3.63, 3.8) is 0 Å². The molecule has 0 unspecified atom stereocenters. The van der Waals surface area contributed by atoms with Crippen molar-refractivity contribution in [3.8, 4) is 0 Å². The number of nitrogens with zero attached hydrogens (tertiary/aromatic N) is 2. The number of rotatable bonds is 1. The van der Waals surface area contributed by atoms with E-state index in [1.807, 2.05) is 0 Å². The molecule has 2 heterocycles. The highest BCUT2D eigenvalue weighted by molar-refractivity contribution is 7.71. The zero-order valence-electron chi connectivity index (χ0n) is 9.18. The molecule has 0 atom stereocenters. The third-order valence-corrected chi connectivity index (χ3v) is 2.84. The molecular formula is C9H8N4O4S. The van der Waals surface area contributed by atoms with Crippen molar-refractivity contribution >= 4 is 35.5 Å². The Morgan fingerprint density at radius 1 is 1.50 bits per heavy atom. The van der Waals surface area contributed by atoms with E-state index in [2.05, 4.69) is 15.5 Å². The molecule has 94 valence electrons. The van der Waals surface area contributed by atoms with Gasteiger partial charge in [-0.3, -0.25) is 19.6 Å². The third kappa shape index (κ3) is 1.84. The number of aromatic nitrogens is 2. The first kappa shape index (κ1) is 12.2. The lowest BCUT2D eigenvalue weighted by Gasteiger charge is -2.06. The van der Waals surface area contributed by atoms with Crippen LogP contribution in [0.25, 0.3) is 0 Å². The molecule has 1 aromatic rings. The monoisotopic (exact) mass is 268 g/mol. The summed E-state index contributed by atoms with van der Waals surface area (Å²) in [6.07, 6.45) is -0.449. The lowest BCUT2D eigenvalue weighted by atomic mass is 10.1. The zero-order chi connectivity index (χ0) is 13.4. The van der Waals surface area contributed by atoms with Crippen LogP contribution in [0.5, 0.6) is 0 Å². The molecule has 8 nitrogen and oxygen atoms in total. The molecule has 0 aromatic carbocycles. The topological polar surface area (TPSA) is 117 Å². The molecule has 2 rings (SSSR count). The van der Waals surface area contributed by atoms with Crippen LogP contribution in [-0.2, 0) is 11.8 Å². The second-order valence-electron chi connectivity index (χ2n) is 3.62. The molecule has 18 heavy (non-hydrogen) atoms. The standard InChI is InChI=1S/C9H8N4O4S/c1-13-7(15)5-4(14)2-3(8(16)17)11-12-6(5)10-9(13)18/h12H,2H2,1H3,(H,10,18)(H,16,17). The van der Waals surface area contributed by atoms with Crippen LogP contribution in [0.4, 0.5) is 5.82 Å². The smallest absolute Gasteiger partial charge is 0.352 e. The molecule has 0 radical (unpaired) electrons. The Labute approximate surface area is 105 Å². The Morgan fingerprint density at radius 3 is 2.78 bits per heavy atom. The van der Waals surface area contributed by atoms with Gasteiger partial charge < -0.3 is 10.1 Å². The number of hydrogen-bond donors (Lipinski definition) is 3.